The van der Waals surface area contributed by atoms with Gasteiger partial charge in [-0.2, -0.15) is 0 Å². The summed E-state index contributed by atoms with van der Waals surface area (Å²) in [5, 5.41) is 16.0. The van der Waals surface area contributed by atoms with Gasteiger partial charge in [0, 0.05) is 0 Å². The lowest BCUT2D eigenvalue weighted by Gasteiger charge is -2.35. The molecule has 0 aromatic carbocycles. The second kappa shape index (κ2) is 9.40. The number of rotatable bonds is 6. The Morgan fingerprint density at radius 3 is 1.50 bits per heavy atom. The molecular weight excluding hydrogens is 200 g/mol. The molecule has 0 spiro atoms. The summed E-state index contributed by atoms with van der Waals surface area (Å²) in [6.07, 6.45) is 1.32. The highest BCUT2D eigenvalue weighted by molar-refractivity contribution is 5.85. The molecule has 0 aromatic heterocycles. The van der Waals surface area contributed by atoms with Crippen molar-refractivity contribution in [2.24, 2.45) is 0 Å². The lowest BCUT2D eigenvalue weighted by Crippen LogP contribution is -2.47. The van der Waals surface area contributed by atoms with Crippen LogP contribution in [0.3, 0.4) is 0 Å². The average Bonchev–Trinajstić information content (AvgIpc) is 2.27. The molecule has 3 nitrogen and oxygen atoms in total. The Hall–Kier alpha value is -0.830. The van der Waals surface area contributed by atoms with E-state index in [1.54, 1.807) is 0 Å². The minimum absolute atomic E-state index is 0.287. The SMILES string of the molecule is C=C(C)C(=N)[O-].CCC[N+](CC)(CC)CC. The van der Waals surface area contributed by atoms with Gasteiger partial charge in [-0.05, 0) is 45.6 Å². The molecule has 0 radical (unpaired) electrons. The maximum absolute atomic E-state index is 9.71. The van der Waals surface area contributed by atoms with E-state index < -0.39 is 5.90 Å². The number of hydrogen-bond donors (Lipinski definition) is 1. The maximum Gasteiger partial charge on any atom is 0.0783 e. The smallest absolute Gasteiger partial charge is 0.0783 e. The molecule has 0 atom stereocenters. The van der Waals surface area contributed by atoms with Crippen molar-refractivity contribution in [3.8, 4) is 0 Å². The van der Waals surface area contributed by atoms with Crippen LogP contribution in [0.15, 0.2) is 12.2 Å². The van der Waals surface area contributed by atoms with Crippen molar-refractivity contribution in [2.75, 3.05) is 26.2 Å². The number of quaternary nitrogens is 1. The summed E-state index contributed by atoms with van der Waals surface area (Å²) in [6, 6.07) is 0. The van der Waals surface area contributed by atoms with Crippen molar-refractivity contribution in [3.05, 3.63) is 12.2 Å². The van der Waals surface area contributed by atoms with E-state index in [2.05, 4.69) is 34.3 Å². The summed E-state index contributed by atoms with van der Waals surface area (Å²) in [6.45, 7) is 19.1. The van der Waals surface area contributed by atoms with Crippen LogP contribution in [-0.2, 0) is 0 Å². The molecule has 0 aliphatic heterocycles. The minimum Gasteiger partial charge on any atom is -0.859 e. The van der Waals surface area contributed by atoms with Crippen molar-refractivity contribution in [3.63, 3.8) is 0 Å². The van der Waals surface area contributed by atoms with E-state index in [1.807, 2.05) is 0 Å². The fourth-order valence-electron chi connectivity index (χ4n) is 1.62. The van der Waals surface area contributed by atoms with Crippen molar-refractivity contribution in [2.45, 2.75) is 41.0 Å². The summed E-state index contributed by atoms with van der Waals surface area (Å²) < 4.78 is 1.30. The first-order chi connectivity index (χ1) is 7.39. The second-order valence-corrected chi connectivity index (χ2v) is 4.12. The number of hydrogen-bond acceptors (Lipinski definition) is 2. The van der Waals surface area contributed by atoms with Crippen LogP contribution in [0.5, 0.6) is 0 Å². The molecule has 1 N–H and O–H groups in total. The summed E-state index contributed by atoms with van der Waals surface area (Å²) >= 11 is 0. The Morgan fingerprint density at radius 2 is 1.44 bits per heavy atom. The Kier molecular flexibility index (Phi) is 10.3. The van der Waals surface area contributed by atoms with Gasteiger partial charge < -0.3 is 15.0 Å². The predicted octanol–water partition coefficient (Wildman–Crippen LogP) is 2.17. The van der Waals surface area contributed by atoms with E-state index in [0.29, 0.717) is 0 Å². The quantitative estimate of drug-likeness (QED) is 0.423. The number of nitrogens with one attached hydrogen (secondary N) is 1. The predicted molar refractivity (Wildman–Crippen MR) is 69.6 cm³/mol. The monoisotopic (exact) mass is 228 g/mol. The maximum atomic E-state index is 9.71. The van der Waals surface area contributed by atoms with Gasteiger partial charge in [-0.15, -0.1) is 0 Å². The topological polar surface area (TPSA) is 46.9 Å². The zero-order valence-corrected chi connectivity index (χ0v) is 11.6. The van der Waals surface area contributed by atoms with E-state index in [0.717, 1.165) is 0 Å². The molecule has 0 unspecified atom stereocenters. The van der Waals surface area contributed by atoms with E-state index in [4.69, 9.17) is 5.41 Å². The first kappa shape index (κ1) is 17.6. The van der Waals surface area contributed by atoms with Crippen LogP contribution in [-0.4, -0.2) is 36.6 Å². The third-order valence-corrected chi connectivity index (χ3v) is 3.10. The normalized spacial score (nSPS) is 10.3. The highest BCUT2D eigenvalue weighted by Gasteiger charge is 2.17. The molecule has 3 heteroatoms. The Morgan fingerprint density at radius 1 is 1.12 bits per heavy atom. The van der Waals surface area contributed by atoms with Gasteiger partial charge in [-0.25, -0.2) is 0 Å². The van der Waals surface area contributed by atoms with Crippen molar-refractivity contribution in [1.82, 2.24) is 0 Å². The Balaban J connectivity index is 0. The highest BCUT2D eigenvalue weighted by Crippen LogP contribution is 2.06. The fraction of sp³-hybridized carbons (Fsp3) is 0.769. The third kappa shape index (κ3) is 7.46. The van der Waals surface area contributed by atoms with Gasteiger partial charge in [0.05, 0.1) is 26.2 Å². The molecule has 0 rings (SSSR count). The summed E-state index contributed by atoms with van der Waals surface area (Å²) in [5.74, 6) is -0.685. The lowest BCUT2D eigenvalue weighted by molar-refractivity contribution is -0.923. The van der Waals surface area contributed by atoms with Crippen LogP contribution in [0.4, 0.5) is 0 Å². The van der Waals surface area contributed by atoms with Crippen LogP contribution in [0, 0.1) is 5.41 Å². The average molecular weight is 228 g/mol. The second-order valence-electron chi connectivity index (χ2n) is 4.12. The van der Waals surface area contributed by atoms with Gasteiger partial charge in [0.25, 0.3) is 0 Å². The molecule has 0 amide bonds. The molecule has 0 aromatic rings. The van der Waals surface area contributed by atoms with Crippen LogP contribution in [0.25, 0.3) is 0 Å². The lowest BCUT2D eigenvalue weighted by atomic mass is 10.3. The van der Waals surface area contributed by atoms with E-state index >= 15 is 0 Å². The molecule has 0 fully saturated rings. The molecular formula is C13H28N2O. The van der Waals surface area contributed by atoms with Gasteiger partial charge in [-0.1, -0.05) is 13.5 Å². The van der Waals surface area contributed by atoms with Gasteiger partial charge in [-0.3, -0.25) is 0 Å². The molecule has 0 heterocycles. The molecule has 0 aliphatic rings. The van der Waals surface area contributed by atoms with Crippen LogP contribution < -0.4 is 5.11 Å². The molecule has 0 bridgehead atoms. The third-order valence-electron chi connectivity index (χ3n) is 3.10. The highest BCUT2D eigenvalue weighted by atomic mass is 16.3. The molecule has 0 saturated carbocycles. The summed E-state index contributed by atoms with van der Waals surface area (Å²) in [7, 11) is 0. The van der Waals surface area contributed by atoms with Crippen LogP contribution in [0.1, 0.15) is 41.0 Å². The first-order valence-corrected chi connectivity index (χ1v) is 6.15. The standard InChI is InChI=1S/C9H22N.C4H7NO/c1-5-9-10(6-2,7-3)8-4;1-3(2)4(5)6/h5-9H2,1-4H3;1H2,2H3,(H2,5,6)/q+1;/p-1. The Bertz CT molecular complexity index is 188. The Labute approximate surface area is 101 Å². The van der Waals surface area contributed by atoms with Gasteiger partial charge in [0.15, 0.2) is 0 Å². The van der Waals surface area contributed by atoms with Crippen molar-refractivity contribution in [1.29, 1.82) is 5.41 Å². The largest absolute Gasteiger partial charge is 0.859 e. The van der Waals surface area contributed by atoms with Crippen LogP contribution in [0.2, 0.25) is 0 Å². The van der Waals surface area contributed by atoms with Crippen molar-refractivity contribution >= 4 is 5.90 Å². The van der Waals surface area contributed by atoms with E-state index in [9.17, 15) is 5.11 Å². The summed E-state index contributed by atoms with van der Waals surface area (Å²) in [5.41, 5.74) is 0.287. The summed E-state index contributed by atoms with van der Waals surface area (Å²) in [4.78, 5) is 0. The van der Waals surface area contributed by atoms with E-state index in [-0.39, 0.29) is 5.57 Å². The zero-order valence-electron chi connectivity index (χ0n) is 11.6. The van der Waals surface area contributed by atoms with E-state index in [1.165, 1.54) is 44.0 Å². The van der Waals surface area contributed by atoms with Crippen molar-refractivity contribution < 1.29 is 9.59 Å². The molecule has 96 valence electrons. The number of nitrogens with zero attached hydrogens (tertiary/aromatic N) is 1. The first-order valence-electron chi connectivity index (χ1n) is 6.15. The zero-order chi connectivity index (χ0) is 13.2. The molecule has 0 aliphatic carbocycles. The van der Waals surface area contributed by atoms with Gasteiger partial charge in [0.1, 0.15) is 0 Å². The molecule has 16 heavy (non-hydrogen) atoms. The minimum atomic E-state index is -0.685. The fourth-order valence-corrected chi connectivity index (χ4v) is 1.62. The van der Waals surface area contributed by atoms with Crippen LogP contribution >= 0.6 is 0 Å². The van der Waals surface area contributed by atoms with Gasteiger partial charge >= 0.3 is 0 Å². The molecule has 0 saturated heterocycles. The van der Waals surface area contributed by atoms with Gasteiger partial charge in [0.2, 0.25) is 0 Å².